The van der Waals surface area contributed by atoms with Gasteiger partial charge in [0.25, 0.3) is 0 Å². The Balaban J connectivity index is 2.10. The fourth-order valence-electron chi connectivity index (χ4n) is 1.95. The molecule has 5 heteroatoms. The smallest absolute Gasteiger partial charge is 0.211 e. The number of benzene rings is 2. The standard InChI is InChI=1S/C16H16N2O2S/c1-13(15-7-3-2-4-8-15)12-18-21(19,20)16-9-5-6-14(10-16)11-17/h2-10,13,18H,12H2,1H3/t13-/m1/s1. The zero-order valence-electron chi connectivity index (χ0n) is 11.7. The van der Waals surface area contributed by atoms with E-state index in [9.17, 15) is 8.42 Å². The van der Waals surface area contributed by atoms with Gasteiger partial charge in [-0.25, -0.2) is 13.1 Å². The Morgan fingerprint density at radius 3 is 2.52 bits per heavy atom. The minimum Gasteiger partial charge on any atom is -0.211 e. The first kappa shape index (κ1) is 15.2. The molecule has 2 aromatic rings. The molecule has 0 bridgehead atoms. The average molecular weight is 300 g/mol. The second kappa shape index (κ2) is 6.53. The van der Waals surface area contributed by atoms with Gasteiger partial charge in [0.1, 0.15) is 0 Å². The van der Waals surface area contributed by atoms with E-state index < -0.39 is 10.0 Å². The molecule has 0 aliphatic carbocycles. The van der Waals surface area contributed by atoms with Gasteiger partial charge in [-0.3, -0.25) is 0 Å². The summed E-state index contributed by atoms with van der Waals surface area (Å²) in [6.07, 6.45) is 0. The highest BCUT2D eigenvalue weighted by Crippen LogP contribution is 2.15. The van der Waals surface area contributed by atoms with Crippen LogP contribution in [0, 0.1) is 11.3 Å². The molecule has 0 heterocycles. The Morgan fingerprint density at radius 1 is 1.14 bits per heavy atom. The van der Waals surface area contributed by atoms with Gasteiger partial charge in [0.05, 0.1) is 16.5 Å². The third kappa shape index (κ3) is 3.91. The van der Waals surface area contributed by atoms with Crippen LogP contribution in [0.3, 0.4) is 0 Å². The van der Waals surface area contributed by atoms with Crippen molar-refractivity contribution in [1.82, 2.24) is 4.72 Å². The lowest BCUT2D eigenvalue weighted by Gasteiger charge is -2.13. The van der Waals surface area contributed by atoms with Crippen molar-refractivity contribution in [3.05, 3.63) is 65.7 Å². The second-order valence-electron chi connectivity index (χ2n) is 4.80. The molecule has 0 aromatic heterocycles. The minimum atomic E-state index is -3.60. The first-order valence-corrected chi connectivity index (χ1v) is 8.06. The summed E-state index contributed by atoms with van der Waals surface area (Å²) >= 11 is 0. The Bertz CT molecular complexity index is 749. The van der Waals surface area contributed by atoms with Crippen molar-refractivity contribution in [2.45, 2.75) is 17.7 Å². The molecule has 0 spiro atoms. The number of nitriles is 1. The molecule has 0 saturated carbocycles. The summed E-state index contributed by atoms with van der Waals surface area (Å²) in [7, 11) is -3.60. The zero-order chi connectivity index (χ0) is 15.3. The summed E-state index contributed by atoms with van der Waals surface area (Å²) in [5, 5.41) is 8.83. The third-order valence-corrected chi connectivity index (χ3v) is 4.64. The van der Waals surface area contributed by atoms with Gasteiger partial charge in [-0.05, 0) is 29.7 Å². The van der Waals surface area contributed by atoms with E-state index in [1.165, 1.54) is 12.1 Å². The maximum Gasteiger partial charge on any atom is 0.240 e. The molecule has 1 atom stereocenters. The molecule has 1 N–H and O–H groups in total. The van der Waals surface area contributed by atoms with Crippen LogP contribution in [0.1, 0.15) is 24.0 Å². The normalized spacial score (nSPS) is 12.6. The lowest BCUT2D eigenvalue weighted by atomic mass is 10.0. The lowest BCUT2D eigenvalue weighted by Crippen LogP contribution is -2.27. The quantitative estimate of drug-likeness (QED) is 0.922. The van der Waals surface area contributed by atoms with Crippen molar-refractivity contribution >= 4 is 10.0 Å². The van der Waals surface area contributed by atoms with Gasteiger partial charge in [-0.15, -0.1) is 0 Å². The number of nitrogens with zero attached hydrogens (tertiary/aromatic N) is 1. The second-order valence-corrected chi connectivity index (χ2v) is 6.57. The average Bonchev–Trinajstić information content (AvgIpc) is 2.53. The molecule has 0 amide bonds. The van der Waals surface area contributed by atoms with Crippen LogP contribution >= 0.6 is 0 Å². The van der Waals surface area contributed by atoms with E-state index in [4.69, 9.17) is 5.26 Å². The summed E-state index contributed by atoms with van der Waals surface area (Å²) in [6.45, 7) is 2.27. The van der Waals surface area contributed by atoms with Gasteiger partial charge in [-0.2, -0.15) is 5.26 Å². The topological polar surface area (TPSA) is 70.0 Å². The van der Waals surface area contributed by atoms with Gasteiger partial charge < -0.3 is 0 Å². The van der Waals surface area contributed by atoms with Gasteiger partial charge in [0, 0.05) is 6.54 Å². The number of hydrogen-bond acceptors (Lipinski definition) is 3. The molecule has 2 rings (SSSR count). The highest BCUT2D eigenvalue weighted by Gasteiger charge is 2.16. The number of rotatable bonds is 5. The number of nitrogens with one attached hydrogen (secondary N) is 1. The van der Waals surface area contributed by atoms with Crippen molar-refractivity contribution in [1.29, 1.82) is 5.26 Å². The number of sulfonamides is 1. The molecule has 0 aliphatic rings. The van der Waals surface area contributed by atoms with Crippen molar-refractivity contribution in [2.75, 3.05) is 6.54 Å². The van der Waals surface area contributed by atoms with Crippen LogP contribution in [0.15, 0.2) is 59.5 Å². The predicted molar refractivity (Wildman–Crippen MR) is 81.2 cm³/mol. The third-order valence-electron chi connectivity index (χ3n) is 3.22. The van der Waals surface area contributed by atoms with E-state index in [0.29, 0.717) is 12.1 Å². The van der Waals surface area contributed by atoms with Crippen molar-refractivity contribution < 1.29 is 8.42 Å². The van der Waals surface area contributed by atoms with E-state index >= 15 is 0 Å². The van der Waals surface area contributed by atoms with Gasteiger partial charge in [-0.1, -0.05) is 43.3 Å². The SMILES string of the molecule is C[C@H](CNS(=O)(=O)c1cccc(C#N)c1)c1ccccc1. The molecule has 0 aliphatic heterocycles. The maximum atomic E-state index is 12.2. The van der Waals surface area contributed by atoms with Gasteiger partial charge in [0.15, 0.2) is 0 Å². The molecular formula is C16H16N2O2S. The lowest BCUT2D eigenvalue weighted by molar-refractivity contribution is 0.575. The van der Waals surface area contributed by atoms with Crippen LogP contribution in [0.2, 0.25) is 0 Å². The largest absolute Gasteiger partial charge is 0.240 e. The maximum absolute atomic E-state index is 12.2. The fourth-order valence-corrected chi connectivity index (χ4v) is 3.13. The van der Waals surface area contributed by atoms with Crippen molar-refractivity contribution in [3.8, 4) is 6.07 Å². The van der Waals surface area contributed by atoms with E-state index in [1.807, 2.05) is 43.3 Å². The predicted octanol–water partition coefficient (Wildman–Crippen LogP) is 2.64. The summed E-state index contributed by atoms with van der Waals surface area (Å²) in [5.41, 5.74) is 1.40. The van der Waals surface area contributed by atoms with Crippen LogP contribution < -0.4 is 4.72 Å². The Kier molecular flexibility index (Phi) is 4.73. The fraction of sp³-hybridized carbons (Fsp3) is 0.188. The first-order valence-electron chi connectivity index (χ1n) is 6.58. The summed E-state index contributed by atoms with van der Waals surface area (Å²) in [6, 6.07) is 17.6. The molecular weight excluding hydrogens is 284 g/mol. The van der Waals surface area contributed by atoms with Crippen LogP contribution in [-0.2, 0) is 10.0 Å². The van der Waals surface area contributed by atoms with Gasteiger partial charge >= 0.3 is 0 Å². The molecule has 2 aromatic carbocycles. The van der Waals surface area contributed by atoms with Crippen LogP contribution in [-0.4, -0.2) is 15.0 Å². The zero-order valence-corrected chi connectivity index (χ0v) is 12.5. The molecule has 0 saturated heterocycles. The molecule has 21 heavy (non-hydrogen) atoms. The molecule has 0 radical (unpaired) electrons. The number of hydrogen-bond donors (Lipinski definition) is 1. The molecule has 0 unspecified atom stereocenters. The van der Waals surface area contributed by atoms with Crippen molar-refractivity contribution in [2.24, 2.45) is 0 Å². The molecule has 108 valence electrons. The van der Waals surface area contributed by atoms with Gasteiger partial charge in [0.2, 0.25) is 10.0 Å². The Morgan fingerprint density at radius 2 is 1.86 bits per heavy atom. The van der Waals surface area contributed by atoms with Crippen LogP contribution in [0.25, 0.3) is 0 Å². The highest BCUT2D eigenvalue weighted by molar-refractivity contribution is 7.89. The molecule has 4 nitrogen and oxygen atoms in total. The highest BCUT2D eigenvalue weighted by atomic mass is 32.2. The molecule has 0 fully saturated rings. The van der Waals surface area contributed by atoms with E-state index in [-0.39, 0.29) is 10.8 Å². The summed E-state index contributed by atoms with van der Waals surface area (Å²) < 4.78 is 27.0. The minimum absolute atomic E-state index is 0.0696. The summed E-state index contributed by atoms with van der Waals surface area (Å²) in [5.74, 6) is 0.0696. The van der Waals surface area contributed by atoms with Crippen LogP contribution in [0.4, 0.5) is 0 Å². The van der Waals surface area contributed by atoms with Crippen LogP contribution in [0.5, 0.6) is 0 Å². The monoisotopic (exact) mass is 300 g/mol. The van der Waals surface area contributed by atoms with E-state index in [0.717, 1.165) is 5.56 Å². The summed E-state index contributed by atoms with van der Waals surface area (Å²) in [4.78, 5) is 0.113. The Hall–Kier alpha value is -2.16. The van der Waals surface area contributed by atoms with E-state index in [2.05, 4.69) is 4.72 Å². The first-order chi connectivity index (χ1) is 10.0. The Labute approximate surface area is 125 Å². The van der Waals surface area contributed by atoms with E-state index in [1.54, 1.807) is 12.1 Å². The van der Waals surface area contributed by atoms with Crippen molar-refractivity contribution in [3.63, 3.8) is 0 Å².